The van der Waals surface area contributed by atoms with E-state index in [1.807, 2.05) is 29.1 Å². The Hall–Kier alpha value is -3.52. The van der Waals surface area contributed by atoms with Gasteiger partial charge in [-0.3, -0.25) is 4.79 Å². The third-order valence-electron chi connectivity index (χ3n) is 5.26. The molecule has 0 fully saturated rings. The Morgan fingerprint density at radius 2 is 2.03 bits per heavy atom. The van der Waals surface area contributed by atoms with Gasteiger partial charge in [0, 0.05) is 42.5 Å². The number of aromatic nitrogens is 3. The van der Waals surface area contributed by atoms with Crippen molar-refractivity contribution in [2.75, 3.05) is 0 Å². The van der Waals surface area contributed by atoms with E-state index < -0.39 is 5.91 Å². The molecule has 2 N–H and O–H groups in total. The number of amides is 1. The smallest absolute Gasteiger partial charge is 0.249 e. The molecule has 4 rings (SSSR count). The lowest BCUT2D eigenvalue weighted by Crippen LogP contribution is -2.16. The van der Waals surface area contributed by atoms with Gasteiger partial charge >= 0.3 is 0 Å². The van der Waals surface area contributed by atoms with Crippen LogP contribution in [-0.4, -0.2) is 20.4 Å². The maximum atomic E-state index is 13.1. The number of rotatable bonds is 9. The third kappa shape index (κ3) is 5.20. The highest BCUT2D eigenvalue weighted by Crippen LogP contribution is 2.28. The van der Waals surface area contributed by atoms with Crippen LogP contribution in [0.3, 0.4) is 0 Å². The van der Waals surface area contributed by atoms with Crippen molar-refractivity contribution in [3.8, 4) is 5.75 Å². The molecule has 1 amide bonds. The van der Waals surface area contributed by atoms with E-state index in [2.05, 4.69) is 9.97 Å². The summed E-state index contributed by atoms with van der Waals surface area (Å²) < 4.78 is 21.3. The molecule has 0 saturated carbocycles. The van der Waals surface area contributed by atoms with E-state index in [1.165, 1.54) is 23.5 Å². The molecule has 0 aliphatic rings. The summed E-state index contributed by atoms with van der Waals surface area (Å²) in [5.74, 6) is -0.234. The Morgan fingerprint density at radius 1 is 1.22 bits per heavy atom. The fourth-order valence-corrected chi connectivity index (χ4v) is 4.18. The number of nitrogens with zero attached hydrogens (tertiary/aromatic N) is 3. The first-order valence-electron chi connectivity index (χ1n) is 10.2. The predicted molar refractivity (Wildman–Crippen MR) is 121 cm³/mol. The minimum absolute atomic E-state index is 0.269. The normalized spacial score (nSPS) is 11.9. The van der Waals surface area contributed by atoms with Gasteiger partial charge < -0.3 is 15.0 Å². The molecule has 1 atom stereocenters. The molecule has 0 saturated heterocycles. The standard InChI is InChI=1S/C24H23FN4O2S/c1-29-15-27-14-19(29)12-22(24-28-10-11-32-24)31-20-9-6-17(21(13-20)23(26)30)5-2-16-3-7-18(25)8-4-16/h3-4,6-11,13-15,22H,2,5,12H2,1H3,(H2,26,30). The topological polar surface area (TPSA) is 83.0 Å². The molecule has 2 heterocycles. The molecule has 0 aliphatic carbocycles. The number of carbonyl (C=O) groups excluding carboxylic acids is 1. The highest BCUT2D eigenvalue weighted by molar-refractivity contribution is 7.09. The Morgan fingerprint density at radius 3 is 2.69 bits per heavy atom. The maximum absolute atomic E-state index is 13.1. The molecular formula is C24H23FN4O2S. The van der Waals surface area contributed by atoms with E-state index in [4.69, 9.17) is 10.5 Å². The van der Waals surface area contributed by atoms with Crippen LogP contribution >= 0.6 is 11.3 Å². The highest BCUT2D eigenvalue weighted by atomic mass is 32.1. The van der Waals surface area contributed by atoms with Crippen molar-refractivity contribution >= 4 is 17.2 Å². The van der Waals surface area contributed by atoms with Gasteiger partial charge in [0.1, 0.15) is 16.6 Å². The molecule has 0 radical (unpaired) electrons. The zero-order valence-electron chi connectivity index (χ0n) is 17.6. The van der Waals surface area contributed by atoms with Crippen LogP contribution in [0.5, 0.6) is 5.75 Å². The number of ether oxygens (including phenoxy) is 1. The van der Waals surface area contributed by atoms with Crippen molar-refractivity contribution in [3.63, 3.8) is 0 Å². The highest BCUT2D eigenvalue weighted by Gasteiger charge is 2.20. The predicted octanol–water partition coefficient (Wildman–Crippen LogP) is 4.26. The lowest BCUT2D eigenvalue weighted by Gasteiger charge is -2.18. The second kappa shape index (κ2) is 9.74. The van der Waals surface area contributed by atoms with E-state index in [0.29, 0.717) is 30.6 Å². The van der Waals surface area contributed by atoms with Gasteiger partial charge in [-0.2, -0.15) is 0 Å². The number of halogens is 1. The zero-order chi connectivity index (χ0) is 22.5. The molecule has 32 heavy (non-hydrogen) atoms. The van der Waals surface area contributed by atoms with Gasteiger partial charge in [0.25, 0.3) is 0 Å². The molecule has 4 aromatic rings. The summed E-state index contributed by atoms with van der Waals surface area (Å²) in [6.45, 7) is 0. The van der Waals surface area contributed by atoms with Crippen LogP contribution in [0, 0.1) is 5.82 Å². The van der Waals surface area contributed by atoms with Crippen LogP contribution in [0.4, 0.5) is 4.39 Å². The van der Waals surface area contributed by atoms with Crippen LogP contribution in [-0.2, 0) is 26.3 Å². The van der Waals surface area contributed by atoms with Crippen molar-refractivity contribution in [1.82, 2.24) is 14.5 Å². The Bertz CT molecular complexity index is 1190. The fraction of sp³-hybridized carbons (Fsp3) is 0.208. The van der Waals surface area contributed by atoms with Gasteiger partial charge in [0.05, 0.1) is 6.33 Å². The first-order chi connectivity index (χ1) is 15.5. The molecule has 2 aromatic heterocycles. The molecule has 0 bridgehead atoms. The third-order valence-corrected chi connectivity index (χ3v) is 6.13. The van der Waals surface area contributed by atoms with Crippen molar-refractivity contribution in [1.29, 1.82) is 0 Å². The number of nitrogens with two attached hydrogens (primary N) is 1. The lowest BCUT2D eigenvalue weighted by atomic mass is 9.99. The van der Waals surface area contributed by atoms with E-state index in [0.717, 1.165) is 21.8 Å². The molecule has 0 aliphatic heterocycles. The summed E-state index contributed by atoms with van der Waals surface area (Å²) in [5.41, 5.74) is 8.90. The minimum atomic E-state index is -0.512. The molecule has 0 spiro atoms. The van der Waals surface area contributed by atoms with Gasteiger partial charge in [0.2, 0.25) is 5.91 Å². The van der Waals surface area contributed by atoms with Gasteiger partial charge in [-0.15, -0.1) is 11.3 Å². The van der Waals surface area contributed by atoms with E-state index in [1.54, 1.807) is 36.9 Å². The average Bonchev–Trinajstić information content (AvgIpc) is 3.45. The van der Waals surface area contributed by atoms with Crippen LogP contribution in [0.25, 0.3) is 0 Å². The molecule has 8 heteroatoms. The second-order valence-electron chi connectivity index (χ2n) is 7.49. The number of benzene rings is 2. The molecule has 6 nitrogen and oxygen atoms in total. The van der Waals surface area contributed by atoms with Crippen molar-refractivity contribution in [2.24, 2.45) is 12.8 Å². The number of primary amides is 1. The van der Waals surface area contributed by atoms with Crippen molar-refractivity contribution in [2.45, 2.75) is 25.4 Å². The number of imidazole rings is 1. The lowest BCUT2D eigenvalue weighted by molar-refractivity contribution is 0.0998. The number of hydrogen-bond donors (Lipinski definition) is 1. The summed E-state index contributed by atoms with van der Waals surface area (Å²) in [7, 11) is 1.93. The average molecular weight is 451 g/mol. The van der Waals surface area contributed by atoms with E-state index in [9.17, 15) is 9.18 Å². The van der Waals surface area contributed by atoms with Crippen LogP contribution in [0.15, 0.2) is 66.6 Å². The van der Waals surface area contributed by atoms with E-state index in [-0.39, 0.29) is 11.9 Å². The monoisotopic (exact) mass is 450 g/mol. The molecule has 1 unspecified atom stereocenters. The summed E-state index contributed by atoms with van der Waals surface area (Å²) in [6, 6.07) is 11.7. The Balaban J connectivity index is 1.54. The Labute approximate surface area is 189 Å². The van der Waals surface area contributed by atoms with Crippen molar-refractivity contribution < 1.29 is 13.9 Å². The van der Waals surface area contributed by atoms with Gasteiger partial charge in [-0.25, -0.2) is 14.4 Å². The first-order valence-corrected chi connectivity index (χ1v) is 11.1. The summed E-state index contributed by atoms with van der Waals surface area (Å²) in [5, 5.41) is 2.75. The summed E-state index contributed by atoms with van der Waals surface area (Å²) in [6.07, 6.45) is 6.83. The minimum Gasteiger partial charge on any atom is -0.483 e. The molecule has 2 aromatic carbocycles. The zero-order valence-corrected chi connectivity index (χ0v) is 18.4. The van der Waals surface area contributed by atoms with Crippen LogP contribution in [0.2, 0.25) is 0 Å². The Kier molecular flexibility index (Phi) is 6.61. The largest absolute Gasteiger partial charge is 0.483 e. The SMILES string of the molecule is Cn1cncc1CC(Oc1ccc(CCc2ccc(F)cc2)c(C(N)=O)c1)c1nccs1. The number of hydrogen-bond acceptors (Lipinski definition) is 5. The van der Waals surface area contributed by atoms with Crippen LogP contribution in [0.1, 0.15) is 38.3 Å². The first kappa shape index (κ1) is 21.7. The van der Waals surface area contributed by atoms with Gasteiger partial charge in [-0.05, 0) is 48.2 Å². The second-order valence-corrected chi connectivity index (χ2v) is 8.41. The molecule has 164 valence electrons. The summed E-state index contributed by atoms with van der Waals surface area (Å²) in [4.78, 5) is 20.7. The molecular weight excluding hydrogens is 427 g/mol. The van der Waals surface area contributed by atoms with Gasteiger partial charge in [-0.1, -0.05) is 18.2 Å². The number of aryl methyl sites for hydroxylation is 3. The fourth-order valence-electron chi connectivity index (χ4n) is 3.51. The number of thiazole rings is 1. The number of carbonyl (C=O) groups is 1. The van der Waals surface area contributed by atoms with Crippen LogP contribution < -0.4 is 10.5 Å². The van der Waals surface area contributed by atoms with Crippen molar-refractivity contribution in [3.05, 3.63) is 99.8 Å². The quantitative estimate of drug-likeness (QED) is 0.413. The van der Waals surface area contributed by atoms with Gasteiger partial charge in [0.15, 0.2) is 6.10 Å². The van der Waals surface area contributed by atoms with E-state index >= 15 is 0 Å². The maximum Gasteiger partial charge on any atom is 0.249 e. The summed E-state index contributed by atoms with van der Waals surface area (Å²) >= 11 is 1.51.